The maximum absolute atomic E-state index is 10.9. The zero-order chi connectivity index (χ0) is 11.0. The number of rotatable bonds is 3. The molecule has 1 aliphatic rings. The number of nitrogens with two attached hydrogens (primary N) is 1. The molecule has 0 bridgehead atoms. The Bertz CT molecular complexity index is 160. The lowest BCUT2D eigenvalue weighted by Gasteiger charge is -2.35. The Hall–Kier alpha value is -0.530. The molecule has 1 saturated carbocycles. The van der Waals surface area contributed by atoms with E-state index in [1.165, 1.54) is 32.1 Å². The summed E-state index contributed by atoms with van der Waals surface area (Å²) in [6.45, 7) is 6.17. The van der Waals surface area contributed by atoms with Crippen molar-refractivity contribution < 1.29 is 4.79 Å². The van der Waals surface area contributed by atoms with Gasteiger partial charge in [-0.2, -0.15) is 0 Å². The molecule has 0 aromatic rings. The van der Waals surface area contributed by atoms with Crippen LogP contribution in [0.3, 0.4) is 0 Å². The molecule has 14 heavy (non-hydrogen) atoms. The first-order chi connectivity index (χ1) is 6.68. The lowest BCUT2D eigenvalue weighted by molar-refractivity contribution is -0.120. The fraction of sp³-hybridized carbons (Fsp3) is 0.917. The van der Waals surface area contributed by atoms with Crippen LogP contribution in [-0.4, -0.2) is 5.91 Å². The molecule has 2 heteroatoms. The molecular formula is C12H25NO. The minimum Gasteiger partial charge on any atom is -0.370 e. The Morgan fingerprint density at radius 3 is 2.07 bits per heavy atom. The summed E-state index contributed by atoms with van der Waals surface area (Å²) in [5.41, 5.74) is 5.51. The number of primary amides is 1. The zero-order valence-corrected chi connectivity index (χ0v) is 9.94. The average Bonchev–Trinajstić information content (AvgIpc) is 2.21. The van der Waals surface area contributed by atoms with Crippen LogP contribution in [0.4, 0.5) is 0 Å². The predicted molar refractivity (Wildman–Crippen MR) is 61.0 cm³/mol. The summed E-state index contributed by atoms with van der Waals surface area (Å²) in [5, 5.41) is 0. The van der Waals surface area contributed by atoms with Gasteiger partial charge in [-0.15, -0.1) is 0 Å². The molecule has 0 saturated heterocycles. The molecule has 1 aliphatic carbocycles. The van der Waals surface area contributed by atoms with Gasteiger partial charge in [-0.3, -0.25) is 4.79 Å². The molecule has 0 atom stereocenters. The van der Waals surface area contributed by atoms with Gasteiger partial charge in [0.1, 0.15) is 0 Å². The predicted octanol–water partition coefficient (Wildman–Crippen LogP) is 3.25. The van der Waals surface area contributed by atoms with Crippen LogP contribution in [-0.2, 0) is 4.79 Å². The van der Waals surface area contributed by atoms with Crippen LogP contribution in [0.15, 0.2) is 0 Å². The molecule has 1 fully saturated rings. The number of carbonyl (C=O) groups is 1. The van der Waals surface area contributed by atoms with E-state index in [4.69, 9.17) is 5.73 Å². The third kappa shape index (κ3) is 4.12. The van der Waals surface area contributed by atoms with E-state index in [1.54, 1.807) is 0 Å². The van der Waals surface area contributed by atoms with Crippen LogP contribution in [0.5, 0.6) is 0 Å². The fourth-order valence-corrected chi connectivity index (χ4v) is 2.33. The van der Waals surface area contributed by atoms with Crippen molar-refractivity contribution in [2.75, 3.05) is 0 Å². The van der Waals surface area contributed by atoms with Crippen LogP contribution in [0.25, 0.3) is 0 Å². The van der Waals surface area contributed by atoms with E-state index in [0.29, 0.717) is 6.42 Å². The molecular weight excluding hydrogens is 174 g/mol. The fourth-order valence-electron chi connectivity index (χ4n) is 2.33. The van der Waals surface area contributed by atoms with Crippen LogP contribution in [0.1, 0.15) is 65.7 Å². The second kappa shape index (κ2) is 6.86. The average molecular weight is 199 g/mol. The molecule has 2 nitrogen and oxygen atoms in total. The van der Waals surface area contributed by atoms with Gasteiger partial charge in [0.25, 0.3) is 0 Å². The number of hydrogen-bond acceptors (Lipinski definition) is 1. The molecule has 1 rings (SSSR count). The Labute approximate surface area is 88.3 Å². The summed E-state index contributed by atoms with van der Waals surface area (Å²) in [4.78, 5) is 10.9. The van der Waals surface area contributed by atoms with Gasteiger partial charge in [-0.05, 0) is 24.7 Å². The molecule has 0 heterocycles. The van der Waals surface area contributed by atoms with Crippen LogP contribution in [0, 0.1) is 5.41 Å². The Kier molecular flexibility index (Phi) is 6.60. The van der Waals surface area contributed by atoms with E-state index < -0.39 is 0 Å². The summed E-state index contributed by atoms with van der Waals surface area (Å²) < 4.78 is 0. The second-order valence-corrected chi connectivity index (χ2v) is 4.06. The molecule has 0 aromatic carbocycles. The highest BCUT2D eigenvalue weighted by atomic mass is 16.1. The van der Waals surface area contributed by atoms with Gasteiger partial charge >= 0.3 is 0 Å². The van der Waals surface area contributed by atoms with Crippen LogP contribution < -0.4 is 5.73 Å². The first kappa shape index (κ1) is 13.5. The lowest BCUT2D eigenvalue weighted by Crippen LogP contribution is -2.29. The summed E-state index contributed by atoms with van der Waals surface area (Å²) in [6, 6.07) is 0. The van der Waals surface area contributed by atoms with Gasteiger partial charge in [0.05, 0.1) is 0 Å². The van der Waals surface area contributed by atoms with Crippen LogP contribution in [0.2, 0.25) is 0 Å². The van der Waals surface area contributed by atoms with Crippen LogP contribution >= 0.6 is 0 Å². The van der Waals surface area contributed by atoms with Crippen molar-refractivity contribution in [3.63, 3.8) is 0 Å². The minimum atomic E-state index is -0.126. The quantitative estimate of drug-likeness (QED) is 0.745. The van der Waals surface area contributed by atoms with Gasteiger partial charge in [-0.1, -0.05) is 40.0 Å². The summed E-state index contributed by atoms with van der Waals surface area (Å²) in [7, 11) is 0. The molecule has 1 amide bonds. The van der Waals surface area contributed by atoms with Gasteiger partial charge in [0.2, 0.25) is 5.91 Å². The van der Waals surface area contributed by atoms with Crippen molar-refractivity contribution in [2.24, 2.45) is 11.1 Å². The second-order valence-electron chi connectivity index (χ2n) is 4.06. The van der Waals surface area contributed by atoms with Crippen molar-refractivity contribution >= 4 is 5.91 Å². The van der Waals surface area contributed by atoms with Crippen molar-refractivity contribution in [3.05, 3.63) is 0 Å². The monoisotopic (exact) mass is 199 g/mol. The molecule has 0 aromatic heterocycles. The Balaban J connectivity index is 0.000000791. The number of hydrogen-bond donors (Lipinski definition) is 1. The molecule has 0 aliphatic heterocycles. The van der Waals surface area contributed by atoms with E-state index in [-0.39, 0.29) is 11.3 Å². The Morgan fingerprint density at radius 1 is 1.21 bits per heavy atom. The molecule has 0 radical (unpaired) electrons. The highest BCUT2D eigenvalue weighted by Crippen LogP contribution is 2.41. The summed E-state index contributed by atoms with van der Waals surface area (Å²) in [6.07, 6.45) is 8.00. The van der Waals surface area contributed by atoms with E-state index >= 15 is 0 Å². The maximum Gasteiger partial charge on any atom is 0.217 e. The van der Waals surface area contributed by atoms with Gasteiger partial charge < -0.3 is 5.73 Å². The smallest absolute Gasteiger partial charge is 0.217 e. The third-order valence-electron chi connectivity index (χ3n) is 3.21. The highest BCUT2D eigenvalue weighted by molar-refractivity contribution is 5.74. The van der Waals surface area contributed by atoms with E-state index in [9.17, 15) is 4.79 Å². The standard InChI is InChI=1S/C10H19NO.C2H6/c1-2-10(8-9(11)12)6-4-3-5-7-10;1-2/h2-8H2,1H3,(H2,11,12);1-2H3. The lowest BCUT2D eigenvalue weighted by atomic mass is 9.70. The summed E-state index contributed by atoms with van der Waals surface area (Å²) >= 11 is 0. The molecule has 0 spiro atoms. The van der Waals surface area contributed by atoms with Crippen molar-refractivity contribution in [1.82, 2.24) is 0 Å². The van der Waals surface area contributed by atoms with E-state index in [2.05, 4.69) is 6.92 Å². The van der Waals surface area contributed by atoms with Crippen molar-refractivity contribution in [2.45, 2.75) is 65.7 Å². The number of carbonyl (C=O) groups excluding carboxylic acids is 1. The normalized spacial score (nSPS) is 19.4. The molecule has 2 N–H and O–H groups in total. The Morgan fingerprint density at radius 2 is 1.71 bits per heavy atom. The zero-order valence-electron chi connectivity index (χ0n) is 9.94. The summed E-state index contributed by atoms with van der Waals surface area (Å²) in [5.74, 6) is -0.126. The first-order valence-corrected chi connectivity index (χ1v) is 5.97. The largest absolute Gasteiger partial charge is 0.370 e. The third-order valence-corrected chi connectivity index (χ3v) is 3.21. The van der Waals surface area contributed by atoms with Crippen molar-refractivity contribution in [1.29, 1.82) is 0 Å². The van der Waals surface area contributed by atoms with Gasteiger partial charge in [0.15, 0.2) is 0 Å². The van der Waals surface area contributed by atoms with Crippen molar-refractivity contribution in [3.8, 4) is 0 Å². The molecule has 84 valence electrons. The SMILES string of the molecule is CC.CCC1(CC(N)=O)CCCCC1. The topological polar surface area (TPSA) is 43.1 Å². The minimum absolute atomic E-state index is 0.126. The van der Waals surface area contributed by atoms with E-state index in [1.807, 2.05) is 13.8 Å². The number of amides is 1. The molecule has 0 unspecified atom stereocenters. The first-order valence-electron chi connectivity index (χ1n) is 5.97. The highest BCUT2D eigenvalue weighted by Gasteiger charge is 2.31. The van der Waals surface area contributed by atoms with Gasteiger partial charge in [-0.25, -0.2) is 0 Å². The van der Waals surface area contributed by atoms with E-state index in [0.717, 1.165) is 6.42 Å². The van der Waals surface area contributed by atoms with Gasteiger partial charge in [0, 0.05) is 6.42 Å². The maximum atomic E-state index is 10.9.